The molecule has 2 aliphatic rings. The van der Waals surface area contributed by atoms with E-state index in [1.807, 2.05) is 84.3 Å². The lowest BCUT2D eigenvalue weighted by atomic mass is 9.83. The van der Waals surface area contributed by atoms with Gasteiger partial charge in [-0.05, 0) is 77.9 Å². The molecular formula is C37H32N2O4S. The predicted octanol–water partition coefficient (Wildman–Crippen LogP) is 6.31. The molecule has 0 fully saturated rings. The number of ether oxygens (including phenoxy) is 3. The van der Waals surface area contributed by atoms with E-state index in [2.05, 4.69) is 30.3 Å². The van der Waals surface area contributed by atoms with E-state index in [9.17, 15) is 4.79 Å². The minimum Gasteiger partial charge on any atom is -0.497 e. The first-order valence-electron chi connectivity index (χ1n) is 14.8. The second-order valence-electron chi connectivity index (χ2n) is 10.8. The zero-order valence-corrected chi connectivity index (χ0v) is 25.5. The van der Waals surface area contributed by atoms with Crippen molar-refractivity contribution < 1.29 is 14.2 Å². The Bertz CT molecular complexity index is 2060. The van der Waals surface area contributed by atoms with Crippen molar-refractivity contribution in [2.24, 2.45) is 4.99 Å². The number of fused-ring (bicyclic) bond motifs is 3. The van der Waals surface area contributed by atoms with Gasteiger partial charge in [0.05, 0.1) is 30.0 Å². The third-order valence-electron chi connectivity index (χ3n) is 8.09. The molecular weight excluding hydrogens is 568 g/mol. The standard InChI is InChI=1S/C37H32N2O4S/c1-3-42-32-20-25(16-19-31(32)43-23-24-10-5-4-6-11-24)21-33-36(40)39-35(27-13-9-14-28(22-27)41-2)30-18-17-26-12-7-8-15-29(26)34(30)38-37(39)44-33/h4-16,19-22,35H,3,17-18,23H2,1-2H3/b33-21+. The summed E-state index contributed by atoms with van der Waals surface area (Å²) in [6, 6.07) is 32.0. The molecule has 4 aromatic carbocycles. The normalized spacial score (nSPS) is 15.6. The summed E-state index contributed by atoms with van der Waals surface area (Å²) in [5.41, 5.74) is 7.46. The van der Waals surface area contributed by atoms with E-state index in [1.54, 1.807) is 7.11 Å². The lowest BCUT2D eigenvalue weighted by molar-refractivity contribution is 0.269. The first-order chi connectivity index (χ1) is 21.6. The molecule has 5 aromatic rings. The molecule has 0 spiro atoms. The van der Waals surface area contributed by atoms with E-state index in [0.717, 1.165) is 52.1 Å². The summed E-state index contributed by atoms with van der Waals surface area (Å²) in [7, 11) is 1.67. The molecule has 1 unspecified atom stereocenters. The summed E-state index contributed by atoms with van der Waals surface area (Å²) >= 11 is 1.42. The Labute approximate surface area is 259 Å². The predicted molar refractivity (Wildman–Crippen MR) is 174 cm³/mol. The lowest BCUT2D eigenvalue weighted by Gasteiger charge is -2.31. The molecule has 0 bridgehead atoms. The van der Waals surface area contributed by atoms with Crippen LogP contribution in [0.1, 0.15) is 47.2 Å². The molecule has 7 heteroatoms. The van der Waals surface area contributed by atoms with Gasteiger partial charge < -0.3 is 14.2 Å². The first-order valence-corrected chi connectivity index (χ1v) is 15.6. The van der Waals surface area contributed by atoms with Gasteiger partial charge in [0.15, 0.2) is 16.3 Å². The number of benzene rings is 4. The van der Waals surface area contributed by atoms with Crippen molar-refractivity contribution in [3.8, 4) is 17.2 Å². The van der Waals surface area contributed by atoms with Crippen LogP contribution in [0.15, 0.2) is 112 Å². The van der Waals surface area contributed by atoms with Gasteiger partial charge in [0, 0.05) is 5.56 Å². The Balaban J connectivity index is 1.33. The molecule has 0 N–H and O–H groups in total. The highest BCUT2D eigenvalue weighted by Gasteiger charge is 2.32. The van der Waals surface area contributed by atoms with Crippen LogP contribution in [0.3, 0.4) is 0 Å². The third-order valence-corrected chi connectivity index (χ3v) is 9.07. The second kappa shape index (κ2) is 12.0. The van der Waals surface area contributed by atoms with Gasteiger partial charge in [-0.15, -0.1) is 0 Å². The Kier molecular flexibility index (Phi) is 7.62. The van der Waals surface area contributed by atoms with Gasteiger partial charge in [-0.1, -0.05) is 84.1 Å². The summed E-state index contributed by atoms with van der Waals surface area (Å²) in [4.78, 5) is 20.0. The fourth-order valence-electron chi connectivity index (χ4n) is 6.02. The fraction of sp³-hybridized carbons (Fsp3) is 0.189. The van der Waals surface area contributed by atoms with Crippen LogP contribution in [-0.4, -0.2) is 18.3 Å². The topological polar surface area (TPSA) is 62.0 Å². The summed E-state index contributed by atoms with van der Waals surface area (Å²) in [6.45, 7) is 2.89. The van der Waals surface area contributed by atoms with Crippen LogP contribution >= 0.6 is 11.3 Å². The largest absolute Gasteiger partial charge is 0.497 e. The third kappa shape index (κ3) is 5.24. The highest BCUT2D eigenvalue weighted by molar-refractivity contribution is 7.07. The van der Waals surface area contributed by atoms with Crippen molar-refractivity contribution in [3.05, 3.63) is 150 Å². The minimum absolute atomic E-state index is 0.0608. The number of methoxy groups -OCH3 is 1. The van der Waals surface area contributed by atoms with E-state index in [4.69, 9.17) is 19.2 Å². The number of thiazole rings is 1. The molecule has 1 aliphatic carbocycles. The van der Waals surface area contributed by atoms with Gasteiger partial charge in [-0.25, -0.2) is 4.99 Å². The van der Waals surface area contributed by atoms with Crippen LogP contribution in [0.4, 0.5) is 0 Å². The number of allylic oxidation sites excluding steroid dienone is 1. The van der Waals surface area contributed by atoms with Crippen LogP contribution in [0, 0.1) is 0 Å². The van der Waals surface area contributed by atoms with E-state index in [-0.39, 0.29) is 11.6 Å². The molecule has 6 nitrogen and oxygen atoms in total. The molecule has 220 valence electrons. The molecule has 44 heavy (non-hydrogen) atoms. The maximum Gasteiger partial charge on any atom is 0.271 e. The van der Waals surface area contributed by atoms with Crippen LogP contribution in [0.25, 0.3) is 11.8 Å². The number of aryl methyl sites for hydroxylation is 1. The van der Waals surface area contributed by atoms with Crippen LogP contribution in [0.2, 0.25) is 0 Å². The monoisotopic (exact) mass is 600 g/mol. The Morgan fingerprint density at radius 2 is 1.75 bits per heavy atom. The van der Waals surface area contributed by atoms with E-state index < -0.39 is 0 Å². The highest BCUT2D eigenvalue weighted by atomic mass is 32.1. The number of hydrogen-bond donors (Lipinski definition) is 0. The maximum atomic E-state index is 14.2. The quantitative estimate of drug-likeness (QED) is 0.210. The number of hydrogen-bond acceptors (Lipinski definition) is 6. The summed E-state index contributed by atoms with van der Waals surface area (Å²) in [5.74, 6) is 2.07. The van der Waals surface area contributed by atoms with Gasteiger partial charge in [-0.3, -0.25) is 9.36 Å². The second-order valence-corrected chi connectivity index (χ2v) is 11.8. The lowest BCUT2D eigenvalue weighted by Crippen LogP contribution is -2.38. The molecule has 0 saturated carbocycles. The van der Waals surface area contributed by atoms with Gasteiger partial charge in [0.1, 0.15) is 12.4 Å². The van der Waals surface area contributed by atoms with Crippen LogP contribution in [-0.2, 0) is 13.0 Å². The molecule has 0 amide bonds. The van der Waals surface area contributed by atoms with Crippen LogP contribution < -0.4 is 29.1 Å². The molecule has 1 atom stereocenters. The van der Waals surface area contributed by atoms with Crippen molar-refractivity contribution >= 4 is 23.1 Å². The van der Waals surface area contributed by atoms with E-state index in [0.29, 0.717) is 34.0 Å². The molecule has 1 aliphatic heterocycles. The van der Waals surface area contributed by atoms with E-state index >= 15 is 0 Å². The van der Waals surface area contributed by atoms with Gasteiger partial charge in [-0.2, -0.15) is 0 Å². The van der Waals surface area contributed by atoms with Crippen molar-refractivity contribution in [1.29, 1.82) is 0 Å². The number of rotatable bonds is 8. The average Bonchev–Trinajstić information content (AvgIpc) is 3.37. The minimum atomic E-state index is -0.264. The Hall–Kier alpha value is -4.88. The van der Waals surface area contributed by atoms with Crippen molar-refractivity contribution in [3.63, 3.8) is 0 Å². The zero-order chi connectivity index (χ0) is 30.0. The maximum absolute atomic E-state index is 14.2. The van der Waals surface area contributed by atoms with Crippen LogP contribution in [0.5, 0.6) is 17.2 Å². The van der Waals surface area contributed by atoms with E-state index in [1.165, 1.54) is 16.9 Å². The summed E-state index contributed by atoms with van der Waals surface area (Å²) < 4.78 is 20.1. The average molecular weight is 601 g/mol. The smallest absolute Gasteiger partial charge is 0.271 e. The Morgan fingerprint density at radius 3 is 2.59 bits per heavy atom. The Morgan fingerprint density at radius 1 is 0.909 bits per heavy atom. The van der Waals surface area contributed by atoms with Crippen molar-refractivity contribution in [1.82, 2.24) is 4.57 Å². The SMILES string of the molecule is CCOc1cc(/C=c2/sc3n(c2=O)C(c2cccc(OC)c2)C2=C(N=3)c3ccccc3CC2)ccc1OCc1ccccc1. The number of aromatic nitrogens is 1. The zero-order valence-electron chi connectivity index (χ0n) is 24.7. The first kappa shape index (κ1) is 27.9. The summed E-state index contributed by atoms with van der Waals surface area (Å²) in [6.07, 6.45) is 3.67. The van der Waals surface area contributed by atoms with Gasteiger partial charge in [0.2, 0.25) is 0 Å². The van der Waals surface area contributed by atoms with Crippen molar-refractivity contribution in [2.75, 3.05) is 13.7 Å². The molecule has 0 radical (unpaired) electrons. The highest BCUT2D eigenvalue weighted by Crippen LogP contribution is 2.41. The number of nitrogens with zero attached hydrogens (tertiary/aromatic N) is 2. The molecule has 0 saturated heterocycles. The van der Waals surface area contributed by atoms with Gasteiger partial charge in [0.25, 0.3) is 5.56 Å². The molecule has 2 heterocycles. The molecule has 1 aromatic heterocycles. The van der Waals surface area contributed by atoms with Crippen molar-refractivity contribution in [2.45, 2.75) is 32.4 Å². The molecule has 7 rings (SSSR count). The van der Waals surface area contributed by atoms with Gasteiger partial charge >= 0.3 is 0 Å². The fourth-order valence-corrected chi connectivity index (χ4v) is 7.02. The summed E-state index contributed by atoms with van der Waals surface area (Å²) in [5, 5.41) is 0.